The van der Waals surface area contributed by atoms with Gasteiger partial charge in [-0.05, 0) is 36.8 Å². The first-order valence-electron chi connectivity index (χ1n) is 8.64. The molecule has 2 heterocycles. The quantitative estimate of drug-likeness (QED) is 0.848. The Morgan fingerprint density at radius 1 is 1.00 bits per heavy atom. The molecule has 4 amide bonds. The molecule has 0 aromatic heterocycles. The molecule has 0 spiro atoms. The van der Waals surface area contributed by atoms with Gasteiger partial charge in [0.05, 0.1) is 22.5 Å². The van der Waals surface area contributed by atoms with Crippen molar-refractivity contribution in [2.75, 3.05) is 23.8 Å². The van der Waals surface area contributed by atoms with Gasteiger partial charge in [-0.2, -0.15) is 0 Å². The number of para-hydroxylation sites is 2. The van der Waals surface area contributed by atoms with Crippen LogP contribution in [0.25, 0.3) is 0 Å². The third-order valence-electron chi connectivity index (χ3n) is 4.87. The highest BCUT2D eigenvalue weighted by atomic mass is 16.2. The molecule has 136 valence electrons. The van der Waals surface area contributed by atoms with E-state index >= 15 is 0 Å². The van der Waals surface area contributed by atoms with Gasteiger partial charge in [0.25, 0.3) is 17.7 Å². The maximum atomic E-state index is 12.7. The van der Waals surface area contributed by atoms with Crippen LogP contribution in [0.5, 0.6) is 0 Å². The smallest absolute Gasteiger partial charge is 0.261 e. The Bertz CT molecular complexity index is 998. The zero-order valence-electron chi connectivity index (χ0n) is 14.7. The van der Waals surface area contributed by atoms with Crippen LogP contribution in [0.4, 0.5) is 11.4 Å². The minimum atomic E-state index is -0.423. The number of hydrogen-bond acceptors (Lipinski definition) is 4. The van der Waals surface area contributed by atoms with Gasteiger partial charge in [0, 0.05) is 25.6 Å². The summed E-state index contributed by atoms with van der Waals surface area (Å²) in [6, 6.07) is 11.5. The van der Waals surface area contributed by atoms with E-state index in [0.717, 1.165) is 11.3 Å². The van der Waals surface area contributed by atoms with E-state index in [2.05, 4.69) is 5.32 Å². The number of imide groups is 1. The first kappa shape index (κ1) is 17.0. The number of carbonyl (C=O) groups excluding carboxylic acids is 4. The van der Waals surface area contributed by atoms with Crippen LogP contribution in [-0.2, 0) is 4.79 Å². The summed E-state index contributed by atoms with van der Waals surface area (Å²) in [6.45, 7) is 0.619. The van der Waals surface area contributed by atoms with E-state index in [0.29, 0.717) is 29.9 Å². The van der Waals surface area contributed by atoms with Crippen molar-refractivity contribution in [2.45, 2.75) is 12.8 Å². The fraction of sp³-hybridized carbons (Fsp3) is 0.200. The average Bonchev–Trinajstić information content (AvgIpc) is 3.19. The normalized spacial score (nSPS) is 16.1. The van der Waals surface area contributed by atoms with Gasteiger partial charge in [-0.1, -0.05) is 12.1 Å². The van der Waals surface area contributed by atoms with Gasteiger partial charge in [-0.15, -0.1) is 0 Å². The molecule has 0 radical (unpaired) electrons. The first-order valence-corrected chi connectivity index (χ1v) is 8.64. The monoisotopic (exact) mass is 363 g/mol. The van der Waals surface area contributed by atoms with Crippen LogP contribution in [0.1, 0.15) is 43.9 Å². The number of benzene rings is 2. The van der Waals surface area contributed by atoms with Crippen molar-refractivity contribution in [3.05, 3.63) is 59.2 Å². The van der Waals surface area contributed by atoms with Gasteiger partial charge in [0.2, 0.25) is 5.91 Å². The molecule has 0 aliphatic carbocycles. The fourth-order valence-corrected chi connectivity index (χ4v) is 3.41. The average molecular weight is 363 g/mol. The molecule has 4 rings (SSSR count). The summed E-state index contributed by atoms with van der Waals surface area (Å²) >= 11 is 0. The number of fused-ring (bicyclic) bond motifs is 1. The van der Waals surface area contributed by atoms with Crippen molar-refractivity contribution in [3.8, 4) is 0 Å². The van der Waals surface area contributed by atoms with Crippen molar-refractivity contribution in [2.24, 2.45) is 0 Å². The van der Waals surface area contributed by atoms with E-state index in [4.69, 9.17) is 0 Å². The lowest BCUT2D eigenvalue weighted by molar-refractivity contribution is -0.117. The number of hydrogen-bond donors (Lipinski definition) is 1. The van der Waals surface area contributed by atoms with Gasteiger partial charge in [0.1, 0.15) is 0 Å². The Balaban J connectivity index is 1.62. The van der Waals surface area contributed by atoms with E-state index in [1.165, 1.54) is 25.2 Å². The van der Waals surface area contributed by atoms with Crippen molar-refractivity contribution >= 4 is 35.0 Å². The van der Waals surface area contributed by atoms with Gasteiger partial charge in [0.15, 0.2) is 0 Å². The fourth-order valence-electron chi connectivity index (χ4n) is 3.41. The molecular weight excluding hydrogens is 346 g/mol. The summed E-state index contributed by atoms with van der Waals surface area (Å²) in [5.74, 6) is -1.18. The highest BCUT2D eigenvalue weighted by Gasteiger charge is 2.33. The lowest BCUT2D eigenvalue weighted by Crippen LogP contribution is -2.25. The molecule has 0 unspecified atom stereocenters. The van der Waals surface area contributed by atoms with Crippen LogP contribution >= 0.6 is 0 Å². The molecule has 27 heavy (non-hydrogen) atoms. The largest absolute Gasteiger partial charge is 0.320 e. The van der Waals surface area contributed by atoms with Crippen molar-refractivity contribution in [1.29, 1.82) is 0 Å². The van der Waals surface area contributed by atoms with Gasteiger partial charge >= 0.3 is 0 Å². The second-order valence-corrected chi connectivity index (χ2v) is 6.55. The number of carbonyl (C=O) groups is 4. The van der Waals surface area contributed by atoms with Crippen LogP contribution in [0, 0.1) is 0 Å². The molecule has 2 aliphatic heterocycles. The third-order valence-corrected chi connectivity index (χ3v) is 4.87. The molecular formula is C20H17N3O4. The minimum Gasteiger partial charge on any atom is -0.320 e. The topological polar surface area (TPSA) is 86.8 Å². The maximum absolute atomic E-state index is 12.7. The van der Waals surface area contributed by atoms with Gasteiger partial charge in [-0.3, -0.25) is 24.1 Å². The summed E-state index contributed by atoms with van der Waals surface area (Å²) in [6.07, 6.45) is 1.28. The Hall–Kier alpha value is -3.48. The standard InChI is InChI=1S/C20H17N3O4/c1-22-19(26)13-9-8-12(11-14(13)20(22)27)18(25)21-15-5-2-3-6-16(15)23-10-4-7-17(23)24/h2-3,5-6,8-9,11H,4,7,10H2,1H3,(H,21,25). The number of nitrogens with zero attached hydrogens (tertiary/aromatic N) is 2. The minimum absolute atomic E-state index is 0.0291. The van der Waals surface area contributed by atoms with Crippen LogP contribution in [-0.4, -0.2) is 42.1 Å². The van der Waals surface area contributed by atoms with E-state index in [1.807, 2.05) is 6.07 Å². The van der Waals surface area contributed by atoms with Gasteiger partial charge in [-0.25, -0.2) is 0 Å². The van der Waals surface area contributed by atoms with E-state index in [-0.39, 0.29) is 22.9 Å². The predicted molar refractivity (Wildman–Crippen MR) is 98.8 cm³/mol. The summed E-state index contributed by atoms with van der Waals surface area (Å²) < 4.78 is 0. The van der Waals surface area contributed by atoms with Crippen molar-refractivity contribution < 1.29 is 19.2 Å². The molecule has 0 saturated carbocycles. The van der Waals surface area contributed by atoms with E-state index < -0.39 is 11.8 Å². The third kappa shape index (κ3) is 2.77. The van der Waals surface area contributed by atoms with E-state index in [9.17, 15) is 19.2 Å². The van der Waals surface area contributed by atoms with E-state index in [1.54, 1.807) is 23.1 Å². The predicted octanol–water partition coefficient (Wildman–Crippen LogP) is 2.29. The summed E-state index contributed by atoms with van der Waals surface area (Å²) in [5, 5.41) is 2.81. The van der Waals surface area contributed by atoms with Gasteiger partial charge < -0.3 is 10.2 Å². The number of rotatable bonds is 3. The number of nitrogens with one attached hydrogen (secondary N) is 1. The number of anilines is 2. The summed E-state index contributed by atoms with van der Waals surface area (Å²) in [5.41, 5.74) is 1.96. The van der Waals surface area contributed by atoms with Crippen LogP contribution in [0.15, 0.2) is 42.5 Å². The first-order chi connectivity index (χ1) is 13.0. The molecule has 7 heteroatoms. The Morgan fingerprint density at radius 2 is 1.74 bits per heavy atom. The maximum Gasteiger partial charge on any atom is 0.261 e. The summed E-state index contributed by atoms with van der Waals surface area (Å²) in [7, 11) is 1.41. The van der Waals surface area contributed by atoms with Crippen LogP contribution < -0.4 is 10.2 Å². The highest BCUT2D eigenvalue weighted by molar-refractivity contribution is 6.22. The highest BCUT2D eigenvalue weighted by Crippen LogP contribution is 2.30. The lowest BCUT2D eigenvalue weighted by atomic mass is 10.1. The summed E-state index contributed by atoms with van der Waals surface area (Å²) in [4.78, 5) is 51.5. The Morgan fingerprint density at radius 3 is 2.48 bits per heavy atom. The molecule has 2 aromatic rings. The van der Waals surface area contributed by atoms with Crippen LogP contribution in [0.2, 0.25) is 0 Å². The second-order valence-electron chi connectivity index (χ2n) is 6.55. The molecule has 1 saturated heterocycles. The molecule has 1 fully saturated rings. The Labute approximate surface area is 155 Å². The molecule has 7 nitrogen and oxygen atoms in total. The molecule has 0 atom stereocenters. The molecule has 0 bridgehead atoms. The zero-order chi connectivity index (χ0) is 19.1. The SMILES string of the molecule is CN1C(=O)c2ccc(C(=O)Nc3ccccc3N3CCCC3=O)cc2C1=O. The Kier molecular flexibility index (Phi) is 3.99. The van der Waals surface area contributed by atoms with Crippen molar-refractivity contribution in [1.82, 2.24) is 4.90 Å². The zero-order valence-corrected chi connectivity index (χ0v) is 14.7. The second kappa shape index (κ2) is 6.35. The van der Waals surface area contributed by atoms with Crippen molar-refractivity contribution in [3.63, 3.8) is 0 Å². The molecule has 2 aromatic carbocycles. The number of amides is 4. The molecule has 1 N–H and O–H groups in total. The lowest BCUT2D eigenvalue weighted by Gasteiger charge is -2.20. The van der Waals surface area contributed by atoms with Crippen LogP contribution in [0.3, 0.4) is 0 Å². The molecule has 2 aliphatic rings.